The highest BCUT2D eigenvalue weighted by Crippen LogP contribution is 2.34. The van der Waals surface area contributed by atoms with Crippen molar-refractivity contribution in [2.24, 2.45) is 5.92 Å². The first-order valence-electron chi connectivity index (χ1n) is 6.22. The van der Waals surface area contributed by atoms with E-state index in [9.17, 15) is 14.9 Å². The standard InChI is InChI=1S/C13H14BrClN2O3/c1-16(7-8-5-9(14)6-8)13(18)12-10(15)3-2-4-11(12)17(19)20/h2-4,8-9H,5-7H2,1H3. The van der Waals surface area contributed by atoms with E-state index in [1.165, 1.54) is 23.1 Å². The van der Waals surface area contributed by atoms with E-state index >= 15 is 0 Å². The quantitative estimate of drug-likeness (QED) is 0.468. The molecule has 5 nitrogen and oxygen atoms in total. The maximum absolute atomic E-state index is 12.4. The third-order valence-corrected chi connectivity index (χ3v) is 4.52. The van der Waals surface area contributed by atoms with Gasteiger partial charge in [0.05, 0.1) is 9.95 Å². The largest absolute Gasteiger partial charge is 0.341 e. The molecule has 0 aromatic heterocycles. The van der Waals surface area contributed by atoms with Gasteiger partial charge in [0.25, 0.3) is 11.6 Å². The molecule has 0 radical (unpaired) electrons. The first-order valence-corrected chi connectivity index (χ1v) is 7.52. The lowest BCUT2D eigenvalue weighted by molar-refractivity contribution is -0.385. The summed E-state index contributed by atoms with van der Waals surface area (Å²) < 4.78 is 0. The van der Waals surface area contributed by atoms with E-state index < -0.39 is 10.8 Å². The summed E-state index contributed by atoms with van der Waals surface area (Å²) >= 11 is 9.46. The predicted octanol–water partition coefficient (Wildman–Crippen LogP) is 3.49. The number of halogens is 2. The average Bonchev–Trinajstić information content (AvgIpc) is 2.35. The second-order valence-corrected chi connectivity index (χ2v) is 6.71. The van der Waals surface area contributed by atoms with Gasteiger partial charge in [0.2, 0.25) is 0 Å². The van der Waals surface area contributed by atoms with E-state index in [0.29, 0.717) is 17.3 Å². The van der Waals surface area contributed by atoms with Crippen molar-refractivity contribution in [2.45, 2.75) is 17.7 Å². The first kappa shape index (κ1) is 15.3. The van der Waals surface area contributed by atoms with Crippen molar-refractivity contribution in [3.63, 3.8) is 0 Å². The summed E-state index contributed by atoms with van der Waals surface area (Å²) in [5.74, 6) is 0.0372. The molecule has 0 heterocycles. The van der Waals surface area contributed by atoms with Crippen LogP contribution in [0.3, 0.4) is 0 Å². The summed E-state index contributed by atoms with van der Waals surface area (Å²) in [6.07, 6.45) is 2.03. The van der Waals surface area contributed by atoms with Crippen LogP contribution in [0.4, 0.5) is 5.69 Å². The van der Waals surface area contributed by atoms with Gasteiger partial charge in [-0.1, -0.05) is 33.6 Å². The van der Waals surface area contributed by atoms with E-state index in [0.717, 1.165) is 12.8 Å². The molecule has 0 N–H and O–H groups in total. The molecule has 0 spiro atoms. The van der Waals surface area contributed by atoms with Crippen LogP contribution in [0, 0.1) is 16.0 Å². The fourth-order valence-corrected chi connectivity index (χ4v) is 3.65. The summed E-state index contributed by atoms with van der Waals surface area (Å²) in [5.41, 5.74) is -0.280. The Morgan fingerprint density at radius 3 is 2.75 bits per heavy atom. The second-order valence-electron chi connectivity index (χ2n) is 5.01. The molecule has 1 aliphatic carbocycles. The number of nitro benzene ring substituents is 1. The van der Waals surface area contributed by atoms with Crippen molar-refractivity contribution in [1.82, 2.24) is 4.90 Å². The van der Waals surface area contributed by atoms with Crippen LogP contribution in [-0.2, 0) is 0 Å². The van der Waals surface area contributed by atoms with Gasteiger partial charge < -0.3 is 4.90 Å². The van der Waals surface area contributed by atoms with Gasteiger partial charge in [-0.15, -0.1) is 0 Å². The smallest absolute Gasteiger partial charge is 0.283 e. The van der Waals surface area contributed by atoms with Crippen LogP contribution < -0.4 is 0 Å². The molecular weight excluding hydrogens is 348 g/mol. The minimum absolute atomic E-state index is 0.0311. The Morgan fingerprint density at radius 1 is 1.55 bits per heavy atom. The number of carbonyl (C=O) groups excluding carboxylic acids is 1. The lowest BCUT2D eigenvalue weighted by Crippen LogP contribution is -2.38. The lowest BCUT2D eigenvalue weighted by Gasteiger charge is -2.34. The molecule has 1 aromatic carbocycles. The molecule has 20 heavy (non-hydrogen) atoms. The minimum Gasteiger partial charge on any atom is -0.341 e. The molecule has 1 aliphatic rings. The van der Waals surface area contributed by atoms with Gasteiger partial charge in [-0.3, -0.25) is 14.9 Å². The number of alkyl halides is 1. The fraction of sp³-hybridized carbons (Fsp3) is 0.462. The third-order valence-electron chi connectivity index (χ3n) is 3.46. The van der Waals surface area contributed by atoms with E-state index in [1.54, 1.807) is 7.05 Å². The number of nitro groups is 1. The maximum atomic E-state index is 12.4. The van der Waals surface area contributed by atoms with Crippen molar-refractivity contribution >= 4 is 39.1 Å². The Morgan fingerprint density at radius 2 is 2.20 bits per heavy atom. The summed E-state index contributed by atoms with van der Waals surface area (Å²) in [5, 5.41) is 11.1. The number of rotatable bonds is 4. The van der Waals surface area contributed by atoms with Crippen LogP contribution in [0.1, 0.15) is 23.2 Å². The number of hydrogen-bond donors (Lipinski definition) is 0. The molecule has 2 rings (SSSR count). The Kier molecular flexibility index (Phi) is 4.65. The summed E-state index contributed by atoms with van der Waals surface area (Å²) in [4.78, 5) is 24.8. The van der Waals surface area contributed by atoms with Crippen molar-refractivity contribution < 1.29 is 9.72 Å². The van der Waals surface area contributed by atoms with Crippen LogP contribution in [0.5, 0.6) is 0 Å². The van der Waals surface area contributed by atoms with E-state index in [4.69, 9.17) is 11.6 Å². The van der Waals surface area contributed by atoms with Crippen LogP contribution in [0.15, 0.2) is 18.2 Å². The normalized spacial score (nSPS) is 21.1. The summed E-state index contributed by atoms with van der Waals surface area (Å²) in [6.45, 7) is 0.587. The Labute approximate surface area is 130 Å². The zero-order chi connectivity index (χ0) is 14.9. The predicted molar refractivity (Wildman–Crippen MR) is 80.5 cm³/mol. The number of carbonyl (C=O) groups is 1. The second kappa shape index (κ2) is 6.10. The topological polar surface area (TPSA) is 63.5 Å². The van der Waals surface area contributed by atoms with Gasteiger partial charge in [-0.05, 0) is 24.8 Å². The van der Waals surface area contributed by atoms with E-state index in [2.05, 4.69) is 15.9 Å². The van der Waals surface area contributed by atoms with Crippen LogP contribution in [0.2, 0.25) is 5.02 Å². The third kappa shape index (κ3) is 3.12. The van der Waals surface area contributed by atoms with Crippen molar-refractivity contribution in [1.29, 1.82) is 0 Å². The van der Waals surface area contributed by atoms with Crippen molar-refractivity contribution in [3.8, 4) is 0 Å². The molecule has 1 saturated carbocycles. The minimum atomic E-state index is -0.579. The van der Waals surface area contributed by atoms with Gasteiger partial charge in [0, 0.05) is 24.5 Å². The molecule has 0 unspecified atom stereocenters. The summed E-state index contributed by atoms with van der Waals surface area (Å²) in [7, 11) is 1.65. The van der Waals surface area contributed by atoms with Gasteiger partial charge in [-0.2, -0.15) is 0 Å². The fourth-order valence-electron chi connectivity index (χ4n) is 2.34. The van der Waals surface area contributed by atoms with E-state index in [-0.39, 0.29) is 16.3 Å². The zero-order valence-corrected chi connectivity index (χ0v) is 13.2. The molecule has 7 heteroatoms. The van der Waals surface area contributed by atoms with Gasteiger partial charge in [0.15, 0.2) is 0 Å². The molecule has 1 fully saturated rings. The van der Waals surface area contributed by atoms with Gasteiger partial charge in [0.1, 0.15) is 5.56 Å². The molecule has 0 atom stereocenters. The molecule has 1 amide bonds. The Bertz CT molecular complexity index is 546. The SMILES string of the molecule is CN(CC1CC(Br)C1)C(=O)c1c(Cl)cccc1[N+](=O)[O-]. The van der Waals surface area contributed by atoms with E-state index in [1.807, 2.05) is 0 Å². The van der Waals surface area contributed by atoms with Crippen molar-refractivity contribution in [2.75, 3.05) is 13.6 Å². The number of amides is 1. The molecule has 1 aromatic rings. The number of benzene rings is 1. The molecule has 0 bridgehead atoms. The first-order chi connectivity index (χ1) is 9.40. The molecule has 0 aliphatic heterocycles. The highest BCUT2D eigenvalue weighted by atomic mass is 79.9. The highest BCUT2D eigenvalue weighted by molar-refractivity contribution is 9.09. The lowest BCUT2D eigenvalue weighted by atomic mass is 9.85. The van der Waals surface area contributed by atoms with Crippen LogP contribution in [-0.4, -0.2) is 34.2 Å². The Balaban J connectivity index is 2.18. The van der Waals surface area contributed by atoms with Gasteiger partial charge in [-0.25, -0.2) is 0 Å². The molecular formula is C13H14BrClN2O3. The number of hydrogen-bond acceptors (Lipinski definition) is 3. The molecule has 108 valence electrons. The highest BCUT2D eigenvalue weighted by Gasteiger charge is 2.31. The van der Waals surface area contributed by atoms with Crippen LogP contribution >= 0.6 is 27.5 Å². The van der Waals surface area contributed by atoms with Crippen molar-refractivity contribution in [3.05, 3.63) is 38.9 Å². The number of nitrogens with zero attached hydrogens (tertiary/aromatic N) is 2. The zero-order valence-electron chi connectivity index (χ0n) is 10.9. The van der Waals surface area contributed by atoms with Crippen LogP contribution in [0.25, 0.3) is 0 Å². The monoisotopic (exact) mass is 360 g/mol. The van der Waals surface area contributed by atoms with Gasteiger partial charge >= 0.3 is 0 Å². The summed E-state index contributed by atoms with van der Waals surface area (Å²) in [6, 6.07) is 4.26. The average molecular weight is 362 g/mol. The molecule has 0 saturated heterocycles. The maximum Gasteiger partial charge on any atom is 0.283 e. The Hall–Kier alpha value is -1.14.